The molecule has 0 bridgehead atoms. The topological polar surface area (TPSA) is 132 Å². The summed E-state index contributed by atoms with van der Waals surface area (Å²) >= 11 is 10.6. The summed E-state index contributed by atoms with van der Waals surface area (Å²) < 4.78 is 23.0. The number of halogens is 2. The van der Waals surface area contributed by atoms with Crippen LogP contribution < -0.4 is 5.32 Å². The van der Waals surface area contributed by atoms with Crippen LogP contribution in [0.2, 0.25) is 0 Å². The minimum absolute atomic E-state index is 0.345. The second kappa shape index (κ2) is 6.72. The lowest BCUT2D eigenvalue weighted by Crippen LogP contribution is -2.33. The molecule has 0 saturated carbocycles. The van der Waals surface area contributed by atoms with Crippen molar-refractivity contribution in [1.82, 2.24) is 19.5 Å². The number of hydrogen-bond donors (Lipinski definition) is 3. The highest BCUT2D eigenvalue weighted by Gasteiger charge is 2.45. The Morgan fingerprint density at radius 1 is 1.38 bits per heavy atom. The van der Waals surface area contributed by atoms with E-state index in [0.717, 1.165) is 0 Å². The molecule has 2 aromatic rings. The van der Waals surface area contributed by atoms with Crippen LogP contribution in [-0.2, 0) is 13.8 Å². The largest absolute Gasteiger partial charge is 0.387 e. The molecule has 1 aliphatic rings. The van der Waals surface area contributed by atoms with Gasteiger partial charge in [0.1, 0.15) is 30.2 Å². The van der Waals surface area contributed by atoms with Crippen molar-refractivity contribution in [2.45, 2.75) is 24.5 Å². The van der Waals surface area contributed by atoms with Crippen LogP contribution in [0.25, 0.3) is 11.2 Å². The summed E-state index contributed by atoms with van der Waals surface area (Å²) in [7, 11) is 1.69. The van der Waals surface area contributed by atoms with Gasteiger partial charge in [0.05, 0.1) is 12.9 Å². The Balaban J connectivity index is 1.86. The minimum atomic E-state index is -3.77. The van der Waals surface area contributed by atoms with Crippen molar-refractivity contribution >= 4 is 45.5 Å². The molecule has 0 aliphatic carbocycles. The van der Waals surface area contributed by atoms with Crippen molar-refractivity contribution in [2.24, 2.45) is 0 Å². The minimum Gasteiger partial charge on any atom is -0.387 e. The molecule has 0 spiro atoms. The molecular formula is C11H14Cl2N5O5P. The Kier molecular flexibility index (Phi) is 4.99. The van der Waals surface area contributed by atoms with E-state index in [4.69, 9.17) is 31.7 Å². The molecule has 1 fully saturated rings. The highest BCUT2D eigenvalue weighted by molar-refractivity contribution is 8.05. The lowest BCUT2D eigenvalue weighted by molar-refractivity contribution is -0.0465. The number of anilines is 1. The maximum Gasteiger partial charge on any atom is 0.380 e. The second-order valence-electron chi connectivity index (χ2n) is 5.05. The Morgan fingerprint density at radius 2 is 2.12 bits per heavy atom. The summed E-state index contributed by atoms with van der Waals surface area (Å²) in [6.45, 7) is -0.345. The number of fused-ring (bicyclic) bond motifs is 1. The number of nitrogens with zero attached hydrogens (tertiary/aromatic N) is 4. The smallest absolute Gasteiger partial charge is 0.380 e. The van der Waals surface area contributed by atoms with Gasteiger partial charge in [-0.05, 0) is 22.5 Å². The van der Waals surface area contributed by atoms with Gasteiger partial charge in [-0.15, -0.1) is 0 Å². The van der Waals surface area contributed by atoms with Crippen molar-refractivity contribution in [3.8, 4) is 0 Å². The number of nitrogens with one attached hydrogen (secondary N) is 1. The monoisotopic (exact) mass is 397 g/mol. The third-order valence-corrected chi connectivity index (χ3v) is 4.63. The molecule has 10 nitrogen and oxygen atoms in total. The first-order valence-electron chi connectivity index (χ1n) is 6.82. The fourth-order valence-electron chi connectivity index (χ4n) is 2.48. The van der Waals surface area contributed by atoms with Gasteiger partial charge in [-0.25, -0.2) is 15.0 Å². The average molecular weight is 398 g/mol. The lowest BCUT2D eigenvalue weighted by Gasteiger charge is -2.16. The van der Waals surface area contributed by atoms with E-state index < -0.39 is 30.6 Å². The summed E-state index contributed by atoms with van der Waals surface area (Å²) in [5, 5.41) is 23.2. The van der Waals surface area contributed by atoms with Crippen LogP contribution in [-0.4, -0.2) is 61.7 Å². The van der Waals surface area contributed by atoms with Crippen molar-refractivity contribution in [2.75, 3.05) is 19.0 Å². The molecule has 1 aliphatic heterocycles. The standard InChI is InChI=1S/C11H14Cl2N5O5P/c1-14-9-6-10(16-3-15-9)18(4-17-6)11-8(20)7(19)5(23-11)2-22-24(12,13)21/h3-5,7-8,11,19-20H,2H2,1H3,(H,14,15,16)/t5-,7?,8+,11-/m1/s1. The Bertz CT molecular complexity index is 785. The number of ether oxygens (including phenoxy) is 1. The number of aromatic nitrogens is 4. The van der Waals surface area contributed by atoms with Crippen molar-refractivity contribution in [3.63, 3.8) is 0 Å². The molecule has 0 radical (unpaired) electrons. The van der Waals surface area contributed by atoms with Gasteiger partial charge in [0.15, 0.2) is 17.7 Å². The Hall–Kier alpha value is -1.00. The zero-order valence-corrected chi connectivity index (χ0v) is 14.7. The maximum atomic E-state index is 11.2. The highest BCUT2D eigenvalue weighted by Crippen LogP contribution is 2.57. The predicted molar refractivity (Wildman–Crippen MR) is 86.1 cm³/mol. The number of hydrogen-bond acceptors (Lipinski definition) is 9. The summed E-state index contributed by atoms with van der Waals surface area (Å²) in [5.74, 6) is 0.511. The quantitative estimate of drug-likeness (QED) is 0.634. The first-order valence-corrected chi connectivity index (χ1v) is 10.3. The fraction of sp³-hybridized carbons (Fsp3) is 0.545. The molecule has 2 aromatic heterocycles. The number of aliphatic hydroxyl groups excluding tert-OH is 2. The molecule has 3 heterocycles. The second-order valence-corrected chi connectivity index (χ2v) is 9.33. The van der Waals surface area contributed by atoms with Crippen LogP contribution in [0.1, 0.15) is 6.23 Å². The van der Waals surface area contributed by atoms with Gasteiger partial charge < -0.3 is 24.8 Å². The van der Waals surface area contributed by atoms with E-state index in [9.17, 15) is 14.8 Å². The molecule has 3 N–H and O–H groups in total. The van der Waals surface area contributed by atoms with Gasteiger partial charge >= 0.3 is 6.07 Å². The number of imidazole rings is 1. The Morgan fingerprint density at radius 3 is 2.79 bits per heavy atom. The Labute approximate surface area is 145 Å². The zero-order valence-electron chi connectivity index (χ0n) is 12.3. The SMILES string of the molecule is CNc1ncnc2c1ncn2[C@@H]1O[C@H](COP(=O)(Cl)Cl)C(O)[C@@H]1O. The van der Waals surface area contributed by atoms with Gasteiger partial charge in [-0.2, -0.15) is 0 Å². The molecule has 13 heteroatoms. The van der Waals surface area contributed by atoms with Crippen molar-refractivity contribution < 1.29 is 24.0 Å². The van der Waals surface area contributed by atoms with E-state index in [2.05, 4.69) is 20.3 Å². The molecule has 0 amide bonds. The molecule has 1 saturated heterocycles. The van der Waals surface area contributed by atoms with Crippen LogP contribution in [0, 0.1) is 0 Å². The maximum absolute atomic E-state index is 11.2. The van der Waals surface area contributed by atoms with Crippen LogP contribution in [0.3, 0.4) is 0 Å². The lowest BCUT2D eigenvalue weighted by atomic mass is 10.1. The molecule has 24 heavy (non-hydrogen) atoms. The third kappa shape index (κ3) is 3.36. The van der Waals surface area contributed by atoms with E-state index >= 15 is 0 Å². The first-order chi connectivity index (χ1) is 11.3. The number of rotatable bonds is 5. The molecule has 1 unspecified atom stereocenters. The van der Waals surface area contributed by atoms with Gasteiger partial charge in [0.2, 0.25) is 0 Å². The van der Waals surface area contributed by atoms with Crippen LogP contribution in [0.5, 0.6) is 0 Å². The van der Waals surface area contributed by atoms with Crippen LogP contribution in [0.4, 0.5) is 5.82 Å². The van der Waals surface area contributed by atoms with E-state index in [1.54, 1.807) is 7.05 Å². The molecular weight excluding hydrogens is 384 g/mol. The zero-order chi connectivity index (χ0) is 17.5. The van der Waals surface area contributed by atoms with Gasteiger partial charge in [0, 0.05) is 7.05 Å². The van der Waals surface area contributed by atoms with Gasteiger partial charge in [-0.3, -0.25) is 9.13 Å². The summed E-state index contributed by atoms with van der Waals surface area (Å²) in [5.41, 5.74) is 0.892. The van der Waals surface area contributed by atoms with Crippen molar-refractivity contribution in [1.29, 1.82) is 0 Å². The molecule has 132 valence electrons. The number of aliphatic hydroxyl groups is 2. The highest BCUT2D eigenvalue weighted by atomic mass is 35.9. The molecule has 0 aromatic carbocycles. The van der Waals surface area contributed by atoms with Crippen molar-refractivity contribution in [3.05, 3.63) is 12.7 Å². The molecule has 3 rings (SSSR count). The van der Waals surface area contributed by atoms with Crippen LogP contribution >= 0.6 is 28.6 Å². The van der Waals surface area contributed by atoms with E-state index in [1.807, 2.05) is 0 Å². The van der Waals surface area contributed by atoms with Gasteiger partial charge in [-0.1, -0.05) is 0 Å². The summed E-state index contributed by atoms with van der Waals surface area (Å²) in [6.07, 6.45) is -5.54. The normalized spacial score (nSPS) is 27.7. The van der Waals surface area contributed by atoms with E-state index in [-0.39, 0.29) is 6.61 Å². The average Bonchev–Trinajstić information content (AvgIpc) is 3.07. The first kappa shape index (κ1) is 17.8. The predicted octanol–water partition coefficient (Wildman–Crippen LogP) is 1.09. The summed E-state index contributed by atoms with van der Waals surface area (Å²) in [6, 6.07) is 0. The van der Waals surface area contributed by atoms with E-state index in [1.165, 1.54) is 17.2 Å². The summed E-state index contributed by atoms with van der Waals surface area (Å²) in [4.78, 5) is 12.4. The fourth-order valence-corrected chi connectivity index (χ4v) is 3.14. The third-order valence-electron chi connectivity index (χ3n) is 3.60. The van der Waals surface area contributed by atoms with Gasteiger partial charge in [0.25, 0.3) is 0 Å². The molecule has 4 atom stereocenters. The van der Waals surface area contributed by atoms with Crippen LogP contribution in [0.15, 0.2) is 12.7 Å². The van der Waals surface area contributed by atoms with E-state index in [0.29, 0.717) is 17.0 Å².